The number of aromatic nitrogens is 1. The van der Waals surface area contributed by atoms with Crippen molar-refractivity contribution in [1.82, 2.24) is 20.9 Å². The van der Waals surface area contributed by atoms with Crippen molar-refractivity contribution >= 4 is 40.5 Å². The summed E-state index contributed by atoms with van der Waals surface area (Å²) in [5.41, 5.74) is 26.1. The summed E-state index contributed by atoms with van der Waals surface area (Å²) in [5, 5.41) is 19.0. The standard InChI is InChI=1S/C36H45N9O5/c37-16-4-9-32(47)43-31(19-25-21-42-28-15-14-26(46)20-27(25)28)35(50)45-30(34(49)44-29(33(38)48)8-5-17-41-36(39)40)18-22-10-12-24(13-11-22)23-6-2-1-3-7-23/h1-3,6-7,10-15,20-21,29-31,42,46H,4-5,8-9,16-19,37H2,(H2,38,48)(H,43,47)(H,44,49)(H,45,50)(H4,39,40,41)/t29-,30-,31-/m0/s1. The van der Waals surface area contributed by atoms with Crippen LogP contribution in [-0.2, 0) is 32.0 Å². The van der Waals surface area contributed by atoms with Gasteiger partial charge in [0.25, 0.3) is 0 Å². The average molecular weight is 684 g/mol. The second-order valence-corrected chi connectivity index (χ2v) is 12.0. The maximum Gasteiger partial charge on any atom is 0.243 e. The number of guanidine groups is 1. The molecular weight excluding hydrogens is 638 g/mol. The van der Waals surface area contributed by atoms with Crippen LogP contribution in [0.3, 0.4) is 0 Å². The predicted octanol–water partition coefficient (Wildman–Crippen LogP) is 1.06. The van der Waals surface area contributed by atoms with Crippen LogP contribution in [-0.4, -0.2) is 70.9 Å². The number of amides is 4. The zero-order valence-electron chi connectivity index (χ0n) is 27.7. The lowest BCUT2D eigenvalue weighted by molar-refractivity contribution is -0.133. The lowest BCUT2D eigenvalue weighted by Crippen LogP contribution is -2.57. The molecule has 14 nitrogen and oxygen atoms in total. The highest BCUT2D eigenvalue weighted by Crippen LogP contribution is 2.24. The van der Waals surface area contributed by atoms with E-state index >= 15 is 0 Å². The van der Waals surface area contributed by atoms with Crippen LogP contribution in [0, 0.1) is 0 Å². The third-order valence-electron chi connectivity index (χ3n) is 8.17. The molecule has 0 bridgehead atoms. The summed E-state index contributed by atoms with van der Waals surface area (Å²) in [7, 11) is 0. The van der Waals surface area contributed by atoms with E-state index in [1.165, 1.54) is 6.07 Å². The molecule has 3 atom stereocenters. The molecule has 0 unspecified atom stereocenters. The van der Waals surface area contributed by atoms with Gasteiger partial charge in [0.05, 0.1) is 0 Å². The smallest absolute Gasteiger partial charge is 0.243 e. The van der Waals surface area contributed by atoms with Crippen molar-refractivity contribution in [2.75, 3.05) is 13.1 Å². The van der Waals surface area contributed by atoms with E-state index in [2.05, 4.69) is 25.9 Å². The number of nitrogens with one attached hydrogen (secondary N) is 4. The van der Waals surface area contributed by atoms with E-state index in [4.69, 9.17) is 22.9 Å². The van der Waals surface area contributed by atoms with Gasteiger partial charge >= 0.3 is 0 Å². The van der Waals surface area contributed by atoms with Gasteiger partial charge in [-0.25, -0.2) is 0 Å². The highest BCUT2D eigenvalue weighted by molar-refractivity contribution is 5.95. The zero-order chi connectivity index (χ0) is 36.0. The van der Waals surface area contributed by atoms with Crippen LogP contribution >= 0.6 is 0 Å². The Morgan fingerprint density at radius 1 is 0.780 bits per heavy atom. The monoisotopic (exact) mass is 683 g/mol. The van der Waals surface area contributed by atoms with Crippen LogP contribution < -0.4 is 38.9 Å². The molecule has 0 aliphatic rings. The van der Waals surface area contributed by atoms with Gasteiger partial charge in [0.1, 0.15) is 23.9 Å². The minimum Gasteiger partial charge on any atom is -0.508 e. The molecule has 50 heavy (non-hydrogen) atoms. The van der Waals surface area contributed by atoms with E-state index in [0.717, 1.165) is 22.2 Å². The Kier molecular flexibility index (Phi) is 13.3. The number of aliphatic imine (C=N–C) groups is 1. The number of nitrogens with two attached hydrogens (primary N) is 4. The third-order valence-corrected chi connectivity index (χ3v) is 8.17. The molecule has 4 rings (SSSR count). The number of nitrogens with zero attached hydrogens (tertiary/aromatic N) is 1. The van der Waals surface area contributed by atoms with Gasteiger partial charge in [-0.1, -0.05) is 54.6 Å². The molecule has 0 radical (unpaired) electrons. The number of phenolic OH excluding ortho intramolecular Hbond substituents is 1. The van der Waals surface area contributed by atoms with Crippen LogP contribution in [0.1, 0.15) is 36.8 Å². The molecule has 0 aliphatic carbocycles. The number of carbonyl (C=O) groups excluding carboxylic acids is 4. The molecule has 0 aliphatic heterocycles. The first-order chi connectivity index (χ1) is 24.0. The number of H-pyrrole nitrogens is 1. The summed E-state index contributed by atoms with van der Waals surface area (Å²) in [6, 6.07) is 18.9. The van der Waals surface area contributed by atoms with Crippen molar-refractivity contribution in [1.29, 1.82) is 0 Å². The number of primary amides is 1. The fourth-order valence-corrected chi connectivity index (χ4v) is 5.54. The minimum absolute atomic E-state index is 0.0451. The molecule has 4 aromatic rings. The minimum atomic E-state index is -1.15. The second-order valence-electron chi connectivity index (χ2n) is 12.0. The molecule has 0 saturated heterocycles. The fraction of sp³-hybridized carbons (Fsp3) is 0.306. The van der Waals surface area contributed by atoms with Crippen LogP contribution in [0.15, 0.2) is 84.0 Å². The first-order valence-electron chi connectivity index (χ1n) is 16.4. The lowest BCUT2D eigenvalue weighted by Gasteiger charge is -2.25. The van der Waals surface area contributed by atoms with Gasteiger partial charge in [-0.2, -0.15) is 0 Å². The Hall–Kier alpha value is -5.89. The quantitative estimate of drug-likeness (QED) is 0.0415. The van der Waals surface area contributed by atoms with Crippen molar-refractivity contribution in [2.24, 2.45) is 27.9 Å². The van der Waals surface area contributed by atoms with Crippen molar-refractivity contribution in [3.05, 3.63) is 90.1 Å². The average Bonchev–Trinajstić information content (AvgIpc) is 3.49. The van der Waals surface area contributed by atoms with Crippen LogP contribution in [0.4, 0.5) is 0 Å². The molecule has 1 heterocycles. The largest absolute Gasteiger partial charge is 0.508 e. The normalized spacial score (nSPS) is 12.7. The zero-order valence-corrected chi connectivity index (χ0v) is 27.7. The SMILES string of the molecule is NCCCC(=O)N[C@@H](Cc1c[nH]c2ccc(O)cc12)C(=O)N[C@@H](Cc1ccc(-c2ccccc2)cc1)C(=O)N[C@@H](CCCN=C(N)N)C(N)=O. The van der Waals surface area contributed by atoms with E-state index in [1.54, 1.807) is 18.3 Å². The van der Waals surface area contributed by atoms with Gasteiger partial charge in [0.15, 0.2) is 5.96 Å². The van der Waals surface area contributed by atoms with Gasteiger partial charge < -0.3 is 49.0 Å². The molecule has 264 valence electrons. The molecule has 1 aromatic heterocycles. The maximum atomic E-state index is 14.0. The number of aromatic hydroxyl groups is 1. The van der Waals surface area contributed by atoms with E-state index < -0.39 is 35.8 Å². The number of hydrogen-bond donors (Lipinski definition) is 9. The number of benzene rings is 3. The number of phenols is 1. The number of hydrogen-bond acceptors (Lipinski definition) is 7. The van der Waals surface area contributed by atoms with Crippen molar-refractivity contribution < 1.29 is 24.3 Å². The first kappa shape index (κ1) is 36.9. The van der Waals surface area contributed by atoms with Crippen molar-refractivity contribution in [3.63, 3.8) is 0 Å². The summed E-state index contributed by atoms with van der Waals surface area (Å²) in [4.78, 5) is 60.0. The number of fused-ring (bicyclic) bond motifs is 1. The highest BCUT2D eigenvalue weighted by atomic mass is 16.3. The Morgan fingerprint density at radius 3 is 2.10 bits per heavy atom. The Balaban J connectivity index is 1.60. The number of aromatic amines is 1. The number of carbonyl (C=O) groups is 4. The second kappa shape index (κ2) is 18.0. The molecule has 14 heteroatoms. The maximum absolute atomic E-state index is 14.0. The van der Waals surface area contributed by atoms with Gasteiger partial charge in [-0.3, -0.25) is 24.2 Å². The van der Waals surface area contributed by atoms with Gasteiger partial charge in [0.2, 0.25) is 23.6 Å². The van der Waals surface area contributed by atoms with E-state index in [0.29, 0.717) is 30.3 Å². The van der Waals surface area contributed by atoms with Crippen molar-refractivity contribution in [3.8, 4) is 16.9 Å². The predicted molar refractivity (Wildman–Crippen MR) is 192 cm³/mol. The molecule has 0 saturated carbocycles. The van der Waals surface area contributed by atoms with E-state index in [9.17, 15) is 24.3 Å². The third kappa shape index (κ3) is 10.8. The summed E-state index contributed by atoms with van der Waals surface area (Å²) < 4.78 is 0. The first-order valence-corrected chi connectivity index (χ1v) is 16.4. The molecule has 13 N–H and O–H groups in total. The molecule has 0 fully saturated rings. The number of rotatable bonds is 18. The van der Waals surface area contributed by atoms with Crippen molar-refractivity contribution in [2.45, 2.75) is 56.7 Å². The Labute approximate surface area is 290 Å². The fourth-order valence-electron chi connectivity index (χ4n) is 5.54. The molecular formula is C36H45N9O5. The lowest BCUT2D eigenvalue weighted by atomic mass is 9.99. The highest BCUT2D eigenvalue weighted by Gasteiger charge is 2.30. The van der Waals surface area contributed by atoms with E-state index in [-0.39, 0.29) is 49.8 Å². The Bertz CT molecular complexity index is 1790. The summed E-state index contributed by atoms with van der Waals surface area (Å²) in [6.07, 6.45) is 2.88. The summed E-state index contributed by atoms with van der Waals surface area (Å²) >= 11 is 0. The molecule has 0 spiro atoms. The molecule has 3 aromatic carbocycles. The van der Waals surface area contributed by atoms with Crippen LogP contribution in [0.5, 0.6) is 5.75 Å². The van der Waals surface area contributed by atoms with Gasteiger partial charge in [0, 0.05) is 42.9 Å². The van der Waals surface area contributed by atoms with E-state index in [1.807, 2.05) is 54.6 Å². The Morgan fingerprint density at radius 2 is 1.44 bits per heavy atom. The topological polar surface area (TPSA) is 257 Å². The van der Waals surface area contributed by atoms with Crippen LogP contribution in [0.2, 0.25) is 0 Å². The molecule has 4 amide bonds. The van der Waals surface area contributed by atoms with Gasteiger partial charge in [-0.15, -0.1) is 0 Å². The van der Waals surface area contributed by atoms with Gasteiger partial charge in [-0.05, 0) is 66.3 Å². The summed E-state index contributed by atoms with van der Waals surface area (Å²) in [6.45, 7) is 0.525. The van der Waals surface area contributed by atoms with Crippen LogP contribution in [0.25, 0.3) is 22.0 Å². The summed E-state index contributed by atoms with van der Waals surface area (Å²) in [5.74, 6) is -2.45.